The Kier molecular flexibility index (Phi) is 7.06. The molecule has 5 rings (SSSR count). The Hall–Kier alpha value is -3.97. The lowest BCUT2D eigenvalue weighted by Gasteiger charge is -2.28. The van der Waals surface area contributed by atoms with E-state index >= 15 is 0 Å². The first-order valence-electron chi connectivity index (χ1n) is 12.2. The van der Waals surface area contributed by atoms with Gasteiger partial charge in [-0.3, -0.25) is 19.3 Å². The SMILES string of the molecule is O=C(COC(=O)c1ccc(N2C(=O)[C@@H]3CC[C@H](c4ccccc4)C[C@H]3C2=O)cc1)Nc1ccc(Cl)cc1. The number of esters is 1. The zero-order chi connectivity index (χ0) is 25.9. The van der Waals surface area contributed by atoms with Crippen LogP contribution in [0, 0.1) is 11.8 Å². The second kappa shape index (κ2) is 10.6. The molecule has 37 heavy (non-hydrogen) atoms. The Bertz CT molecular complexity index is 1320. The standard InChI is InChI=1S/C29H25ClN2O5/c30-21-9-11-22(12-10-21)31-26(33)17-37-29(36)19-6-13-23(14-7-19)32-27(34)24-15-8-20(16-25(24)28(32)35)18-4-2-1-3-5-18/h1-7,9-14,20,24-25H,8,15-17H2,(H,31,33)/t20-,24+,25+/m0/s1. The van der Waals surface area contributed by atoms with Gasteiger partial charge in [-0.1, -0.05) is 41.9 Å². The normalized spacial score (nSPS) is 20.9. The van der Waals surface area contributed by atoms with Crippen LogP contribution in [0.15, 0.2) is 78.9 Å². The summed E-state index contributed by atoms with van der Waals surface area (Å²) < 4.78 is 5.10. The smallest absolute Gasteiger partial charge is 0.338 e. The Morgan fingerprint density at radius 1 is 0.865 bits per heavy atom. The first-order chi connectivity index (χ1) is 17.9. The zero-order valence-electron chi connectivity index (χ0n) is 19.9. The maximum Gasteiger partial charge on any atom is 0.338 e. The van der Waals surface area contributed by atoms with Gasteiger partial charge in [-0.05, 0) is 79.3 Å². The molecule has 1 aliphatic heterocycles. The van der Waals surface area contributed by atoms with E-state index in [-0.39, 0.29) is 35.1 Å². The van der Waals surface area contributed by atoms with Crippen molar-refractivity contribution in [2.24, 2.45) is 11.8 Å². The van der Waals surface area contributed by atoms with Crippen LogP contribution in [0.4, 0.5) is 11.4 Å². The Morgan fingerprint density at radius 3 is 2.24 bits per heavy atom. The molecule has 2 aliphatic rings. The van der Waals surface area contributed by atoms with E-state index in [1.54, 1.807) is 36.4 Å². The summed E-state index contributed by atoms with van der Waals surface area (Å²) in [5.41, 5.74) is 2.37. The molecular formula is C29H25ClN2O5. The predicted molar refractivity (Wildman–Crippen MR) is 139 cm³/mol. The van der Waals surface area contributed by atoms with Gasteiger partial charge in [0.2, 0.25) is 11.8 Å². The number of nitrogens with zero attached hydrogens (tertiary/aromatic N) is 1. The molecule has 0 aromatic heterocycles. The third-order valence-corrected chi connectivity index (χ3v) is 7.27. The van der Waals surface area contributed by atoms with Gasteiger partial charge in [0.25, 0.3) is 5.91 Å². The van der Waals surface area contributed by atoms with E-state index in [1.807, 2.05) is 18.2 Å². The van der Waals surface area contributed by atoms with Crippen molar-refractivity contribution in [1.82, 2.24) is 0 Å². The molecule has 1 N–H and O–H groups in total. The first-order valence-corrected chi connectivity index (χ1v) is 12.5. The molecule has 0 radical (unpaired) electrons. The number of rotatable bonds is 6. The van der Waals surface area contributed by atoms with Gasteiger partial charge in [-0.25, -0.2) is 4.79 Å². The van der Waals surface area contributed by atoms with Crippen LogP contribution in [-0.2, 0) is 19.1 Å². The summed E-state index contributed by atoms with van der Waals surface area (Å²) in [4.78, 5) is 52.1. The molecule has 1 saturated heterocycles. The van der Waals surface area contributed by atoms with Crippen LogP contribution in [0.1, 0.15) is 41.1 Å². The number of amides is 3. The monoisotopic (exact) mass is 516 g/mol. The second-order valence-electron chi connectivity index (χ2n) is 9.32. The number of carbonyl (C=O) groups excluding carboxylic acids is 4. The molecule has 1 aliphatic carbocycles. The van der Waals surface area contributed by atoms with E-state index < -0.39 is 18.5 Å². The third kappa shape index (κ3) is 5.27. The lowest BCUT2D eigenvalue weighted by atomic mass is 9.73. The van der Waals surface area contributed by atoms with Crippen molar-refractivity contribution in [3.63, 3.8) is 0 Å². The number of fused-ring (bicyclic) bond motifs is 1. The quantitative estimate of drug-likeness (QED) is 0.358. The van der Waals surface area contributed by atoms with Gasteiger partial charge in [-0.2, -0.15) is 0 Å². The summed E-state index contributed by atoms with van der Waals surface area (Å²) in [5, 5.41) is 3.16. The van der Waals surface area contributed by atoms with E-state index in [2.05, 4.69) is 17.4 Å². The van der Waals surface area contributed by atoms with E-state index in [9.17, 15) is 19.2 Å². The minimum Gasteiger partial charge on any atom is -0.452 e. The Balaban J connectivity index is 1.20. The van der Waals surface area contributed by atoms with Gasteiger partial charge in [0, 0.05) is 10.7 Å². The van der Waals surface area contributed by atoms with Crippen LogP contribution < -0.4 is 10.2 Å². The molecule has 3 atom stereocenters. The highest BCUT2D eigenvalue weighted by atomic mass is 35.5. The minimum atomic E-state index is -0.684. The number of benzene rings is 3. The number of ether oxygens (including phenoxy) is 1. The van der Waals surface area contributed by atoms with Gasteiger partial charge in [0.05, 0.1) is 23.1 Å². The van der Waals surface area contributed by atoms with Crippen molar-refractivity contribution in [2.75, 3.05) is 16.8 Å². The molecule has 1 heterocycles. The van der Waals surface area contributed by atoms with Crippen molar-refractivity contribution in [1.29, 1.82) is 0 Å². The molecule has 0 bridgehead atoms. The van der Waals surface area contributed by atoms with Crippen LogP contribution in [0.5, 0.6) is 0 Å². The number of hydrogen-bond donors (Lipinski definition) is 1. The van der Waals surface area contributed by atoms with Gasteiger partial charge < -0.3 is 10.1 Å². The van der Waals surface area contributed by atoms with Crippen molar-refractivity contribution in [3.05, 3.63) is 95.0 Å². The average Bonchev–Trinajstić information content (AvgIpc) is 3.18. The van der Waals surface area contributed by atoms with E-state index in [0.29, 0.717) is 29.2 Å². The molecule has 8 heteroatoms. The fourth-order valence-electron chi connectivity index (χ4n) is 5.15. The van der Waals surface area contributed by atoms with Crippen molar-refractivity contribution >= 4 is 46.7 Å². The molecule has 3 aromatic carbocycles. The number of anilines is 2. The molecule has 1 saturated carbocycles. The summed E-state index contributed by atoms with van der Waals surface area (Å²) in [6.07, 6.45) is 2.19. The summed E-state index contributed by atoms with van der Waals surface area (Å²) in [5.74, 6) is -1.94. The van der Waals surface area contributed by atoms with Crippen molar-refractivity contribution in [2.45, 2.75) is 25.2 Å². The third-order valence-electron chi connectivity index (χ3n) is 7.02. The first kappa shape index (κ1) is 24.7. The minimum absolute atomic E-state index is 0.185. The maximum atomic E-state index is 13.3. The number of carbonyl (C=O) groups is 4. The second-order valence-corrected chi connectivity index (χ2v) is 9.76. The van der Waals surface area contributed by atoms with E-state index in [0.717, 1.165) is 6.42 Å². The van der Waals surface area contributed by atoms with Crippen LogP contribution in [0.2, 0.25) is 5.02 Å². The summed E-state index contributed by atoms with van der Waals surface area (Å²) in [7, 11) is 0. The molecule has 3 amide bonds. The highest BCUT2D eigenvalue weighted by molar-refractivity contribution is 6.30. The Morgan fingerprint density at radius 2 is 1.54 bits per heavy atom. The van der Waals surface area contributed by atoms with Gasteiger partial charge in [-0.15, -0.1) is 0 Å². The number of nitrogens with one attached hydrogen (secondary N) is 1. The fourth-order valence-corrected chi connectivity index (χ4v) is 5.28. The molecule has 2 fully saturated rings. The molecule has 188 valence electrons. The molecule has 0 unspecified atom stereocenters. The predicted octanol–water partition coefficient (Wildman–Crippen LogP) is 5.21. The Labute approximate surface area is 219 Å². The molecule has 7 nitrogen and oxygen atoms in total. The van der Waals surface area contributed by atoms with E-state index in [4.69, 9.17) is 16.3 Å². The number of hydrogen-bond acceptors (Lipinski definition) is 5. The summed E-state index contributed by atoms with van der Waals surface area (Å²) >= 11 is 5.83. The van der Waals surface area contributed by atoms with Crippen molar-refractivity contribution < 1.29 is 23.9 Å². The summed E-state index contributed by atoms with van der Waals surface area (Å²) in [6, 6.07) is 22.8. The molecule has 0 spiro atoms. The van der Waals surface area contributed by atoms with Crippen LogP contribution in [0.25, 0.3) is 0 Å². The van der Waals surface area contributed by atoms with Crippen LogP contribution in [0.3, 0.4) is 0 Å². The molecular weight excluding hydrogens is 492 g/mol. The molecule has 3 aromatic rings. The topological polar surface area (TPSA) is 92.8 Å². The van der Waals surface area contributed by atoms with Gasteiger partial charge >= 0.3 is 5.97 Å². The van der Waals surface area contributed by atoms with Crippen molar-refractivity contribution in [3.8, 4) is 0 Å². The maximum absolute atomic E-state index is 13.3. The largest absolute Gasteiger partial charge is 0.452 e. The van der Waals surface area contributed by atoms with Gasteiger partial charge in [0.1, 0.15) is 0 Å². The highest BCUT2D eigenvalue weighted by Crippen LogP contribution is 2.45. The van der Waals surface area contributed by atoms with Gasteiger partial charge in [0.15, 0.2) is 6.61 Å². The fraction of sp³-hybridized carbons (Fsp3) is 0.241. The average molecular weight is 517 g/mol. The highest BCUT2D eigenvalue weighted by Gasteiger charge is 2.50. The number of halogens is 1. The lowest BCUT2D eigenvalue weighted by molar-refractivity contribution is -0.122. The van der Waals surface area contributed by atoms with Crippen LogP contribution in [-0.4, -0.2) is 30.3 Å². The zero-order valence-corrected chi connectivity index (χ0v) is 20.7. The lowest BCUT2D eigenvalue weighted by Crippen LogP contribution is -2.30. The van der Waals surface area contributed by atoms with Crippen LogP contribution >= 0.6 is 11.6 Å². The number of imide groups is 1. The summed E-state index contributed by atoms with van der Waals surface area (Å²) in [6.45, 7) is -0.460. The van der Waals surface area contributed by atoms with E-state index in [1.165, 1.54) is 22.6 Å².